The van der Waals surface area contributed by atoms with Gasteiger partial charge in [-0.3, -0.25) is 0 Å². The van der Waals surface area contributed by atoms with Crippen molar-refractivity contribution in [2.45, 2.75) is 31.2 Å². The maximum atomic E-state index is 13.4. The highest BCUT2D eigenvalue weighted by Gasteiger charge is 2.54. The SMILES string of the molecule is CN1C=C(I)C2CC(F)CC(C(F)(F)F)C21. The molecular weight excluding hydrogens is 337 g/mol. The molecule has 92 valence electrons. The van der Waals surface area contributed by atoms with Crippen molar-refractivity contribution < 1.29 is 17.6 Å². The summed E-state index contributed by atoms with van der Waals surface area (Å²) in [5, 5.41) is 0. The molecule has 16 heavy (non-hydrogen) atoms. The van der Waals surface area contributed by atoms with Crippen molar-refractivity contribution in [2.75, 3.05) is 7.05 Å². The van der Waals surface area contributed by atoms with Crippen molar-refractivity contribution in [3.63, 3.8) is 0 Å². The molecule has 1 heterocycles. The number of halogens is 5. The minimum Gasteiger partial charge on any atom is -0.376 e. The van der Waals surface area contributed by atoms with Crippen molar-refractivity contribution in [3.05, 3.63) is 9.78 Å². The summed E-state index contributed by atoms with van der Waals surface area (Å²) in [6.07, 6.45) is -4.12. The molecule has 0 N–H and O–H groups in total. The van der Waals surface area contributed by atoms with Gasteiger partial charge in [0.2, 0.25) is 0 Å². The fraction of sp³-hybridized carbons (Fsp3) is 0.800. The number of rotatable bonds is 0. The Morgan fingerprint density at radius 1 is 1.38 bits per heavy atom. The first-order valence-corrected chi connectivity index (χ1v) is 6.18. The maximum Gasteiger partial charge on any atom is 0.393 e. The first-order chi connectivity index (χ1) is 7.30. The molecular formula is C10H12F4IN. The summed E-state index contributed by atoms with van der Waals surface area (Å²) >= 11 is 2.02. The van der Waals surface area contributed by atoms with Gasteiger partial charge in [0.25, 0.3) is 0 Å². The summed E-state index contributed by atoms with van der Waals surface area (Å²) in [5.74, 6) is -1.84. The Kier molecular flexibility index (Phi) is 3.13. The zero-order chi connectivity index (χ0) is 12.1. The molecule has 1 aliphatic carbocycles. The third-order valence-corrected chi connectivity index (χ3v) is 4.49. The molecule has 1 fully saturated rings. The number of hydrogen-bond donors (Lipinski definition) is 0. The van der Waals surface area contributed by atoms with E-state index < -0.39 is 30.7 Å². The van der Waals surface area contributed by atoms with Gasteiger partial charge in [0, 0.05) is 28.8 Å². The molecule has 1 aliphatic heterocycles. The highest BCUT2D eigenvalue weighted by atomic mass is 127. The summed E-state index contributed by atoms with van der Waals surface area (Å²) in [6.45, 7) is 0. The molecule has 2 rings (SSSR count). The Balaban J connectivity index is 2.27. The zero-order valence-electron chi connectivity index (χ0n) is 8.64. The number of alkyl halides is 4. The van der Waals surface area contributed by atoms with E-state index in [1.807, 2.05) is 22.6 Å². The Labute approximate surface area is 105 Å². The molecule has 4 atom stereocenters. The fourth-order valence-electron chi connectivity index (χ4n) is 2.75. The Morgan fingerprint density at radius 3 is 2.56 bits per heavy atom. The van der Waals surface area contributed by atoms with E-state index in [1.54, 1.807) is 18.1 Å². The second-order valence-electron chi connectivity index (χ2n) is 4.49. The third-order valence-electron chi connectivity index (χ3n) is 3.42. The molecule has 2 aliphatic rings. The Morgan fingerprint density at radius 2 is 2.00 bits per heavy atom. The zero-order valence-corrected chi connectivity index (χ0v) is 10.8. The normalized spacial score (nSPS) is 39.6. The van der Waals surface area contributed by atoms with Crippen LogP contribution in [-0.4, -0.2) is 30.3 Å². The number of hydrogen-bond acceptors (Lipinski definition) is 1. The van der Waals surface area contributed by atoms with Gasteiger partial charge in [-0.1, -0.05) is 0 Å². The van der Waals surface area contributed by atoms with Crippen LogP contribution >= 0.6 is 22.6 Å². The number of fused-ring (bicyclic) bond motifs is 1. The molecule has 0 saturated heterocycles. The average molecular weight is 349 g/mol. The van der Waals surface area contributed by atoms with E-state index in [1.165, 1.54) is 0 Å². The molecule has 4 unspecified atom stereocenters. The van der Waals surface area contributed by atoms with Gasteiger partial charge in [0.15, 0.2) is 0 Å². The lowest BCUT2D eigenvalue weighted by Gasteiger charge is -2.40. The summed E-state index contributed by atoms with van der Waals surface area (Å²) in [5.41, 5.74) is 0. The fourth-order valence-corrected chi connectivity index (χ4v) is 3.82. The van der Waals surface area contributed by atoms with Gasteiger partial charge in [0.05, 0.1) is 5.92 Å². The van der Waals surface area contributed by atoms with Crippen LogP contribution in [-0.2, 0) is 0 Å². The van der Waals surface area contributed by atoms with E-state index in [4.69, 9.17) is 0 Å². The lowest BCUT2D eigenvalue weighted by molar-refractivity contribution is -0.203. The molecule has 0 spiro atoms. The van der Waals surface area contributed by atoms with Crippen LogP contribution in [0.1, 0.15) is 12.8 Å². The van der Waals surface area contributed by atoms with Crippen molar-refractivity contribution in [1.82, 2.24) is 4.90 Å². The van der Waals surface area contributed by atoms with Gasteiger partial charge in [-0.2, -0.15) is 13.2 Å². The largest absolute Gasteiger partial charge is 0.393 e. The summed E-state index contributed by atoms with van der Waals surface area (Å²) in [7, 11) is 1.64. The molecule has 0 aromatic carbocycles. The van der Waals surface area contributed by atoms with Gasteiger partial charge in [-0.25, -0.2) is 4.39 Å². The first-order valence-electron chi connectivity index (χ1n) is 5.10. The van der Waals surface area contributed by atoms with Gasteiger partial charge in [0.1, 0.15) is 6.17 Å². The van der Waals surface area contributed by atoms with Crippen LogP contribution in [0.4, 0.5) is 17.6 Å². The van der Waals surface area contributed by atoms with Crippen LogP contribution in [0.3, 0.4) is 0 Å². The van der Waals surface area contributed by atoms with Gasteiger partial charge < -0.3 is 4.90 Å². The van der Waals surface area contributed by atoms with Crippen molar-refractivity contribution >= 4 is 22.6 Å². The first kappa shape index (κ1) is 12.4. The van der Waals surface area contributed by atoms with E-state index in [0.29, 0.717) is 0 Å². The predicted octanol–water partition coefficient (Wildman–Crippen LogP) is 3.50. The monoisotopic (exact) mass is 349 g/mol. The average Bonchev–Trinajstić information content (AvgIpc) is 2.40. The van der Waals surface area contributed by atoms with E-state index in [2.05, 4.69) is 0 Å². The lowest BCUT2D eigenvalue weighted by atomic mass is 9.76. The van der Waals surface area contributed by atoms with E-state index >= 15 is 0 Å². The lowest BCUT2D eigenvalue weighted by Crippen LogP contribution is -2.49. The van der Waals surface area contributed by atoms with Crippen LogP contribution in [0.2, 0.25) is 0 Å². The van der Waals surface area contributed by atoms with E-state index in [-0.39, 0.29) is 12.3 Å². The molecule has 6 heteroatoms. The predicted molar refractivity (Wildman–Crippen MR) is 60.8 cm³/mol. The summed E-state index contributed by atoms with van der Waals surface area (Å²) in [4.78, 5) is 1.59. The smallest absolute Gasteiger partial charge is 0.376 e. The van der Waals surface area contributed by atoms with Gasteiger partial charge in [-0.05, 0) is 35.4 Å². The third kappa shape index (κ3) is 2.04. The van der Waals surface area contributed by atoms with Crippen LogP contribution in [0.15, 0.2) is 9.78 Å². The van der Waals surface area contributed by atoms with Crippen molar-refractivity contribution in [3.8, 4) is 0 Å². The molecule has 0 aromatic heterocycles. The highest BCUT2D eigenvalue weighted by Crippen LogP contribution is 2.49. The van der Waals surface area contributed by atoms with Crippen LogP contribution in [0.5, 0.6) is 0 Å². The number of nitrogens with zero attached hydrogens (tertiary/aromatic N) is 1. The van der Waals surface area contributed by atoms with E-state index in [0.717, 1.165) is 3.58 Å². The minimum atomic E-state index is -4.31. The molecule has 0 aromatic rings. The molecule has 1 nitrogen and oxygen atoms in total. The van der Waals surface area contributed by atoms with E-state index in [9.17, 15) is 17.6 Å². The van der Waals surface area contributed by atoms with Gasteiger partial charge >= 0.3 is 6.18 Å². The summed E-state index contributed by atoms with van der Waals surface area (Å²) < 4.78 is 52.7. The quantitative estimate of drug-likeness (QED) is 0.478. The topological polar surface area (TPSA) is 3.24 Å². The Bertz CT molecular complexity index is 314. The molecule has 0 amide bonds. The van der Waals surface area contributed by atoms with Crippen molar-refractivity contribution in [1.29, 1.82) is 0 Å². The molecule has 0 radical (unpaired) electrons. The maximum absolute atomic E-state index is 13.4. The molecule has 0 bridgehead atoms. The van der Waals surface area contributed by atoms with Crippen molar-refractivity contribution in [2.24, 2.45) is 11.8 Å². The minimum absolute atomic E-state index is 0.219. The standard InChI is InChI=1S/C10H12F4IN/c1-16-4-8(15)6-2-5(11)3-7(9(6)16)10(12,13)14/h4-7,9H,2-3H2,1H3. The summed E-state index contributed by atoms with van der Waals surface area (Å²) in [6, 6.07) is -0.612. The second-order valence-corrected chi connectivity index (χ2v) is 5.74. The van der Waals surface area contributed by atoms with Crippen LogP contribution in [0.25, 0.3) is 0 Å². The van der Waals surface area contributed by atoms with Crippen LogP contribution < -0.4 is 0 Å². The van der Waals surface area contributed by atoms with Gasteiger partial charge in [-0.15, -0.1) is 0 Å². The second kappa shape index (κ2) is 4.03. The highest BCUT2D eigenvalue weighted by molar-refractivity contribution is 14.1. The molecule has 1 saturated carbocycles. The van der Waals surface area contributed by atoms with Crippen LogP contribution in [0, 0.1) is 11.8 Å². The Hall–Kier alpha value is -0.0100.